The van der Waals surface area contributed by atoms with E-state index in [-0.39, 0.29) is 11.6 Å². The first-order valence-electron chi connectivity index (χ1n) is 10.9. The van der Waals surface area contributed by atoms with Crippen molar-refractivity contribution < 1.29 is 9.72 Å². The van der Waals surface area contributed by atoms with Crippen molar-refractivity contribution in [3.8, 4) is 22.4 Å². The Labute approximate surface area is 216 Å². The number of aromatic nitrogens is 1. The molecule has 0 bridgehead atoms. The Morgan fingerprint density at radius 3 is 2.28 bits per heavy atom. The first-order valence-corrected chi connectivity index (χ1v) is 11.7. The average molecular weight is 514 g/mol. The molecule has 0 saturated carbocycles. The molecule has 0 aliphatic carbocycles. The van der Waals surface area contributed by atoms with Crippen molar-refractivity contribution in [2.45, 2.75) is 0 Å². The molecule has 5 rings (SSSR count). The summed E-state index contributed by atoms with van der Waals surface area (Å²) in [4.78, 5) is 28.4. The predicted molar refractivity (Wildman–Crippen MR) is 144 cm³/mol. The van der Waals surface area contributed by atoms with Gasteiger partial charge in [0.25, 0.3) is 11.6 Å². The maximum atomic E-state index is 13.0. The third-order valence-electron chi connectivity index (χ3n) is 5.71. The Kier molecular flexibility index (Phi) is 6.38. The molecule has 176 valence electrons. The second kappa shape index (κ2) is 9.77. The van der Waals surface area contributed by atoms with E-state index in [1.54, 1.807) is 48.5 Å². The monoisotopic (exact) mass is 513 g/mol. The molecule has 0 radical (unpaired) electrons. The molecule has 0 aliphatic rings. The van der Waals surface area contributed by atoms with E-state index in [1.807, 2.05) is 36.4 Å². The number of amides is 1. The fourth-order valence-electron chi connectivity index (χ4n) is 3.91. The number of nitro groups is 1. The van der Waals surface area contributed by atoms with E-state index in [9.17, 15) is 14.9 Å². The maximum Gasteiger partial charge on any atom is 0.269 e. The van der Waals surface area contributed by atoms with Crippen molar-refractivity contribution in [2.75, 3.05) is 5.32 Å². The Hall–Kier alpha value is -4.26. The fourth-order valence-corrected chi connectivity index (χ4v) is 4.37. The van der Waals surface area contributed by atoms with Gasteiger partial charge >= 0.3 is 0 Å². The standard InChI is InChI=1S/C28H17Cl2N3O3/c29-20-9-13-26(24(30)15-20)32-28(34)19-8-12-25-23(14-19)22(17-4-2-1-3-5-17)16-27(31-25)18-6-10-21(11-7-18)33(35)36/h1-16H,(H,32,34). The van der Waals surface area contributed by atoms with E-state index in [4.69, 9.17) is 28.2 Å². The van der Waals surface area contributed by atoms with Gasteiger partial charge in [0.05, 0.1) is 26.8 Å². The number of benzene rings is 4. The van der Waals surface area contributed by atoms with Crippen molar-refractivity contribution >= 4 is 51.4 Å². The first kappa shape index (κ1) is 23.5. The van der Waals surface area contributed by atoms with Crippen LogP contribution >= 0.6 is 23.2 Å². The molecule has 6 nitrogen and oxygen atoms in total. The zero-order chi connectivity index (χ0) is 25.2. The largest absolute Gasteiger partial charge is 0.321 e. The van der Waals surface area contributed by atoms with Gasteiger partial charge in [0.1, 0.15) is 0 Å². The van der Waals surface area contributed by atoms with Crippen LogP contribution in [0.3, 0.4) is 0 Å². The number of fused-ring (bicyclic) bond motifs is 1. The lowest BCUT2D eigenvalue weighted by Gasteiger charge is -2.13. The number of pyridine rings is 1. The normalized spacial score (nSPS) is 10.8. The number of hydrogen-bond donors (Lipinski definition) is 1. The number of carbonyl (C=O) groups excluding carboxylic acids is 1. The van der Waals surface area contributed by atoms with E-state index >= 15 is 0 Å². The molecule has 0 unspecified atom stereocenters. The van der Waals surface area contributed by atoms with E-state index in [1.165, 1.54) is 12.1 Å². The van der Waals surface area contributed by atoms with Crippen LogP contribution in [0.5, 0.6) is 0 Å². The minimum atomic E-state index is -0.434. The minimum Gasteiger partial charge on any atom is -0.321 e. The number of non-ortho nitro benzene ring substituents is 1. The quantitative estimate of drug-likeness (QED) is 0.190. The van der Waals surface area contributed by atoms with Crippen LogP contribution in [0.2, 0.25) is 10.0 Å². The summed E-state index contributed by atoms with van der Waals surface area (Å²) in [6.45, 7) is 0. The van der Waals surface area contributed by atoms with Gasteiger partial charge in [-0.25, -0.2) is 4.98 Å². The highest BCUT2D eigenvalue weighted by molar-refractivity contribution is 6.36. The lowest BCUT2D eigenvalue weighted by Crippen LogP contribution is -2.12. The number of hydrogen-bond acceptors (Lipinski definition) is 4. The van der Waals surface area contributed by atoms with Gasteiger partial charge in [-0.15, -0.1) is 0 Å². The topological polar surface area (TPSA) is 85.1 Å². The van der Waals surface area contributed by atoms with Gasteiger partial charge < -0.3 is 5.32 Å². The number of nitrogens with one attached hydrogen (secondary N) is 1. The van der Waals surface area contributed by atoms with Gasteiger partial charge in [-0.3, -0.25) is 14.9 Å². The molecule has 1 N–H and O–H groups in total. The third kappa shape index (κ3) is 4.77. The predicted octanol–water partition coefficient (Wildman–Crippen LogP) is 8.04. The molecule has 5 aromatic rings. The van der Waals surface area contributed by atoms with Crippen molar-refractivity contribution in [2.24, 2.45) is 0 Å². The summed E-state index contributed by atoms with van der Waals surface area (Å²) < 4.78 is 0. The van der Waals surface area contributed by atoms with E-state index < -0.39 is 4.92 Å². The molecular weight excluding hydrogens is 497 g/mol. The highest BCUT2D eigenvalue weighted by atomic mass is 35.5. The number of halogens is 2. The second-order valence-corrected chi connectivity index (χ2v) is 8.88. The summed E-state index contributed by atoms with van der Waals surface area (Å²) in [5, 5.41) is 15.5. The minimum absolute atomic E-state index is 0.0132. The third-order valence-corrected chi connectivity index (χ3v) is 6.26. The highest BCUT2D eigenvalue weighted by Gasteiger charge is 2.15. The molecule has 36 heavy (non-hydrogen) atoms. The first-order chi connectivity index (χ1) is 17.4. The molecule has 1 amide bonds. The van der Waals surface area contributed by atoms with Gasteiger partial charge in [-0.1, -0.05) is 53.5 Å². The van der Waals surface area contributed by atoms with Crippen LogP contribution in [0.25, 0.3) is 33.3 Å². The van der Waals surface area contributed by atoms with E-state index in [0.717, 1.165) is 22.1 Å². The Morgan fingerprint density at radius 2 is 1.58 bits per heavy atom. The van der Waals surface area contributed by atoms with Crippen molar-refractivity contribution in [1.29, 1.82) is 0 Å². The molecule has 1 heterocycles. The van der Waals surface area contributed by atoms with Gasteiger partial charge in [-0.2, -0.15) is 0 Å². The van der Waals surface area contributed by atoms with Crippen molar-refractivity contribution in [3.63, 3.8) is 0 Å². The lowest BCUT2D eigenvalue weighted by atomic mass is 9.97. The van der Waals surface area contributed by atoms with Crippen LogP contribution in [0, 0.1) is 10.1 Å². The maximum absolute atomic E-state index is 13.0. The second-order valence-electron chi connectivity index (χ2n) is 8.04. The van der Waals surface area contributed by atoms with Gasteiger partial charge in [0.2, 0.25) is 0 Å². The smallest absolute Gasteiger partial charge is 0.269 e. The van der Waals surface area contributed by atoms with E-state index in [2.05, 4.69) is 5.32 Å². The molecule has 0 aliphatic heterocycles. The van der Waals surface area contributed by atoms with Crippen LogP contribution in [0.4, 0.5) is 11.4 Å². The Bertz CT molecular complexity index is 1620. The van der Waals surface area contributed by atoms with Crippen molar-refractivity contribution in [1.82, 2.24) is 4.98 Å². The summed E-state index contributed by atoms with van der Waals surface area (Å²) in [6, 6.07) is 28.1. The zero-order valence-corrected chi connectivity index (χ0v) is 20.1. The number of carbonyl (C=O) groups is 1. The average Bonchev–Trinajstić information content (AvgIpc) is 2.90. The molecule has 0 saturated heterocycles. The van der Waals surface area contributed by atoms with E-state index in [0.29, 0.717) is 32.5 Å². The molecule has 4 aromatic carbocycles. The molecule has 8 heteroatoms. The lowest BCUT2D eigenvalue weighted by molar-refractivity contribution is -0.384. The molecule has 0 fully saturated rings. The number of anilines is 1. The summed E-state index contributed by atoms with van der Waals surface area (Å²) >= 11 is 12.2. The molecule has 1 aromatic heterocycles. The van der Waals surface area contributed by atoms with Gasteiger partial charge in [0.15, 0.2) is 0 Å². The Morgan fingerprint density at radius 1 is 0.833 bits per heavy atom. The SMILES string of the molecule is O=C(Nc1ccc(Cl)cc1Cl)c1ccc2nc(-c3ccc([N+](=O)[O-])cc3)cc(-c3ccccc3)c2c1. The highest BCUT2D eigenvalue weighted by Crippen LogP contribution is 2.33. The fraction of sp³-hybridized carbons (Fsp3) is 0. The summed E-state index contributed by atoms with van der Waals surface area (Å²) in [5.41, 5.74) is 4.85. The Balaban J connectivity index is 1.60. The van der Waals surface area contributed by atoms with Crippen LogP contribution in [0.1, 0.15) is 10.4 Å². The number of nitrogens with zero attached hydrogens (tertiary/aromatic N) is 2. The molecule has 0 atom stereocenters. The van der Waals surface area contributed by atoms with Crippen LogP contribution in [0.15, 0.2) is 97.1 Å². The van der Waals surface area contributed by atoms with Crippen molar-refractivity contribution in [3.05, 3.63) is 123 Å². The van der Waals surface area contributed by atoms with Crippen LogP contribution in [-0.4, -0.2) is 15.8 Å². The van der Waals surface area contributed by atoms with Crippen LogP contribution in [-0.2, 0) is 0 Å². The van der Waals surface area contributed by atoms with Gasteiger partial charge in [-0.05, 0) is 65.7 Å². The zero-order valence-electron chi connectivity index (χ0n) is 18.6. The number of nitro benzene ring substituents is 1. The molecular formula is C28H17Cl2N3O3. The number of rotatable bonds is 5. The summed E-state index contributed by atoms with van der Waals surface area (Å²) in [5.74, 6) is -0.320. The van der Waals surface area contributed by atoms with Gasteiger partial charge in [0, 0.05) is 33.7 Å². The summed E-state index contributed by atoms with van der Waals surface area (Å²) in [7, 11) is 0. The summed E-state index contributed by atoms with van der Waals surface area (Å²) in [6.07, 6.45) is 0. The molecule has 0 spiro atoms. The van der Waals surface area contributed by atoms with Crippen LogP contribution < -0.4 is 5.32 Å².